The molecule has 0 aliphatic heterocycles. The molecule has 0 aromatic heterocycles. The van der Waals surface area contributed by atoms with Gasteiger partial charge >= 0.3 is 12.2 Å². The van der Waals surface area contributed by atoms with Gasteiger partial charge in [0, 0.05) is 21.5 Å². The summed E-state index contributed by atoms with van der Waals surface area (Å²) in [6.07, 6.45) is -0.278. The number of nitrogens with two attached hydrogens (primary N) is 2. The molecule has 4 N–H and O–H groups in total. The van der Waals surface area contributed by atoms with E-state index in [1.165, 1.54) is 0 Å². The highest BCUT2D eigenvalue weighted by Crippen LogP contribution is 2.45. The molecule has 6 nitrogen and oxygen atoms in total. The number of primary amides is 2. The molecule has 134 valence electrons. The van der Waals surface area contributed by atoms with Gasteiger partial charge in [-0.25, -0.2) is 9.59 Å². The molecule has 0 spiro atoms. The smallest absolute Gasteiger partial charge is 0.409 e. The molecule has 26 heavy (non-hydrogen) atoms. The standard InChI is InChI=1S/C20H20N2O4/c1-3-11-9-10-15-16(12(11)4-2)18(26-20(22)24)14-8-6-5-7-13(14)17(15)25-19(21)23/h5-10H,3-4H2,1-2H3,(H2,21,23)(H2,22,24). The van der Waals surface area contributed by atoms with E-state index in [-0.39, 0.29) is 0 Å². The van der Waals surface area contributed by atoms with E-state index in [9.17, 15) is 9.59 Å². The van der Waals surface area contributed by atoms with Crippen LogP contribution in [-0.2, 0) is 12.8 Å². The third-order valence-corrected chi connectivity index (χ3v) is 4.44. The number of carbonyl (C=O) groups excluding carboxylic acids is 2. The number of rotatable bonds is 4. The van der Waals surface area contributed by atoms with E-state index in [0.29, 0.717) is 39.5 Å². The molecule has 0 bridgehead atoms. The minimum atomic E-state index is -0.905. The number of amides is 2. The third-order valence-electron chi connectivity index (χ3n) is 4.44. The van der Waals surface area contributed by atoms with Crippen LogP contribution in [0.25, 0.3) is 21.5 Å². The Kier molecular flexibility index (Phi) is 4.67. The van der Waals surface area contributed by atoms with Crippen molar-refractivity contribution >= 4 is 33.7 Å². The van der Waals surface area contributed by atoms with Gasteiger partial charge in [0.2, 0.25) is 0 Å². The van der Waals surface area contributed by atoms with Gasteiger partial charge in [0.1, 0.15) is 11.5 Å². The zero-order valence-electron chi connectivity index (χ0n) is 14.7. The summed E-state index contributed by atoms with van der Waals surface area (Å²) in [6.45, 7) is 4.07. The van der Waals surface area contributed by atoms with Crippen LogP contribution in [0.4, 0.5) is 9.59 Å². The molecule has 0 fully saturated rings. The Morgan fingerprint density at radius 2 is 1.38 bits per heavy atom. The van der Waals surface area contributed by atoms with Gasteiger partial charge in [0.15, 0.2) is 0 Å². The highest BCUT2D eigenvalue weighted by atomic mass is 16.6. The van der Waals surface area contributed by atoms with Gasteiger partial charge in [0.05, 0.1) is 0 Å². The maximum absolute atomic E-state index is 11.6. The summed E-state index contributed by atoms with van der Waals surface area (Å²) in [6, 6.07) is 11.0. The lowest BCUT2D eigenvalue weighted by Gasteiger charge is -2.19. The Morgan fingerprint density at radius 1 is 0.808 bits per heavy atom. The van der Waals surface area contributed by atoms with Crippen LogP contribution in [0, 0.1) is 0 Å². The van der Waals surface area contributed by atoms with Crippen molar-refractivity contribution in [2.24, 2.45) is 11.5 Å². The van der Waals surface area contributed by atoms with Crippen molar-refractivity contribution < 1.29 is 19.1 Å². The van der Waals surface area contributed by atoms with Crippen molar-refractivity contribution in [2.75, 3.05) is 0 Å². The Balaban J connectivity index is 2.57. The van der Waals surface area contributed by atoms with E-state index in [1.54, 1.807) is 18.2 Å². The van der Waals surface area contributed by atoms with Crippen LogP contribution in [0.5, 0.6) is 11.5 Å². The second kappa shape index (κ2) is 6.92. The van der Waals surface area contributed by atoms with Crippen molar-refractivity contribution in [3.63, 3.8) is 0 Å². The van der Waals surface area contributed by atoms with Crippen LogP contribution >= 0.6 is 0 Å². The van der Waals surface area contributed by atoms with Gasteiger partial charge in [-0.3, -0.25) is 0 Å². The fourth-order valence-electron chi connectivity index (χ4n) is 3.45. The molecule has 0 aliphatic rings. The van der Waals surface area contributed by atoms with E-state index in [4.69, 9.17) is 20.9 Å². The van der Waals surface area contributed by atoms with E-state index in [1.807, 2.05) is 25.1 Å². The van der Waals surface area contributed by atoms with Crippen molar-refractivity contribution in [2.45, 2.75) is 26.7 Å². The van der Waals surface area contributed by atoms with Gasteiger partial charge in [-0.15, -0.1) is 0 Å². The first-order chi connectivity index (χ1) is 12.5. The number of carbonyl (C=O) groups is 2. The van der Waals surface area contributed by atoms with Gasteiger partial charge in [-0.1, -0.05) is 50.2 Å². The van der Waals surface area contributed by atoms with E-state index < -0.39 is 12.2 Å². The second-order valence-corrected chi connectivity index (χ2v) is 5.88. The number of fused-ring (bicyclic) bond motifs is 2. The van der Waals surface area contributed by atoms with Crippen LogP contribution in [0.3, 0.4) is 0 Å². The highest BCUT2D eigenvalue weighted by Gasteiger charge is 2.21. The van der Waals surface area contributed by atoms with Crippen LogP contribution in [0.1, 0.15) is 25.0 Å². The molecule has 0 heterocycles. The Bertz CT molecular complexity index is 1030. The predicted molar refractivity (Wildman–Crippen MR) is 101 cm³/mol. The second-order valence-electron chi connectivity index (χ2n) is 5.88. The van der Waals surface area contributed by atoms with Crippen molar-refractivity contribution in [3.8, 4) is 11.5 Å². The maximum atomic E-state index is 11.6. The quantitative estimate of drug-likeness (QED) is 0.691. The topological polar surface area (TPSA) is 105 Å². The van der Waals surface area contributed by atoms with Crippen LogP contribution in [0.15, 0.2) is 36.4 Å². The normalized spacial score (nSPS) is 10.8. The third kappa shape index (κ3) is 2.90. The molecule has 0 radical (unpaired) electrons. The highest BCUT2D eigenvalue weighted by molar-refractivity contribution is 6.13. The number of aryl methyl sites for hydroxylation is 2. The number of ether oxygens (including phenoxy) is 2. The fourth-order valence-corrected chi connectivity index (χ4v) is 3.45. The molecule has 0 saturated carbocycles. The monoisotopic (exact) mass is 352 g/mol. The lowest BCUT2D eigenvalue weighted by atomic mass is 9.91. The molecule has 0 saturated heterocycles. The van der Waals surface area contributed by atoms with Crippen molar-refractivity contribution in [1.29, 1.82) is 0 Å². The first kappa shape index (κ1) is 17.5. The Labute approximate surface area is 150 Å². The predicted octanol–water partition coefficient (Wildman–Crippen LogP) is 4.03. The summed E-state index contributed by atoms with van der Waals surface area (Å²) >= 11 is 0. The summed E-state index contributed by atoms with van der Waals surface area (Å²) in [5.74, 6) is 0.712. The van der Waals surface area contributed by atoms with Crippen LogP contribution in [0.2, 0.25) is 0 Å². The Morgan fingerprint density at radius 3 is 1.92 bits per heavy atom. The molecule has 6 heteroatoms. The summed E-state index contributed by atoms with van der Waals surface area (Å²) in [7, 11) is 0. The molecule has 0 aliphatic carbocycles. The largest absolute Gasteiger partial charge is 0.410 e. The van der Waals surface area contributed by atoms with Crippen LogP contribution < -0.4 is 20.9 Å². The Hall–Kier alpha value is -3.28. The molecular formula is C20H20N2O4. The zero-order chi connectivity index (χ0) is 18.8. The lowest BCUT2D eigenvalue weighted by Crippen LogP contribution is -2.18. The fraction of sp³-hybridized carbons (Fsp3) is 0.200. The SMILES string of the molecule is CCc1ccc2c(OC(N)=O)c3ccccc3c(OC(N)=O)c2c1CC. The molecule has 2 amide bonds. The maximum Gasteiger partial charge on any atom is 0.410 e. The van der Waals surface area contributed by atoms with Gasteiger partial charge in [-0.05, 0) is 24.0 Å². The van der Waals surface area contributed by atoms with Crippen molar-refractivity contribution in [3.05, 3.63) is 47.5 Å². The number of hydrogen-bond acceptors (Lipinski definition) is 4. The average Bonchev–Trinajstić information content (AvgIpc) is 2.62. The van der Waals surface area contributed by atoms with Gasteiger partial charge < -0.3 is 20.9 Å². The molecular weight excluding hydrogens is 332 g/mol. The molecule has 3 rings (SSSR count). The van der Waals surface area contributed by atoms with Gasteiger partial charge in [0.25, 0.3) is 0 Å². The average molecular weight is 352 g/mol. The van der Waals surface area contributed by atoms with E-state index >= 15 is 0 Å². The van der Waals surface area contributed by atoms with E-state index in [0.717, 1.165) is 17.5 Å². The molecule has 0 atom stereocenters. The minimum absolute atomic E-state index is 0.345. The van der Waals surface area contributed by atoms with Crippen molar-refractivity contribution in [1.82, 2.24) is 0 Å². The molecule has 0 unspecified atom stereocenters. The lowest BCUT2D eigenvalue weighted by molar-refractivity contribution is 0.210. The summed E-state index contributed by atoms with van der Waals surface area (Å²) in [5, 5.41) is 2.59. The van der Waals surface area contributed by atoms with Crippen LogP contribution in [-0.4, -0.2) is 12.2 Å². The first-order valence-corrected chi connectivity index (χ1v) is 8.41. The summed E-state index contributed by atoms with van der Waals surface area (Å²) in [4.78, 5) is 23.1. The summed E-state index contributed by atoms with van der Waals surface area (Å²) in [5.41, 5.74) is 12.7. The zero-order valence-corrected chi connectivity index (χ0v) is 14.7. The first-order valence-electron chi connectivity index (χ1n) is 8.41. The minimum Gasteiger partial charge on any atom is -0.409 e. The number of hydrogen-bond donors (Lipinski definition) is 2. The number of benzene rings is 3. The molecule has 3 aromatic carbocycles. The summed E-state index contributed by atoms with van der Waals surface area (Å²) < 4.78 is 10.8. The van der Waals surface area contributed by atoms with E-state index in [2.05, 4.69) is 6.92 Å². The van der Waals surface area contributed by atoms with Gasteiger partial charge in [-0.2, -0.15) is 0 Å². The molecule has 3 aromatic rings.